The van der Waals surface area contributed by atoms with Crippen molar-refractivity contribution in [3.8, 4) is 5.75 Å². The van der Waals surface area contributed by atoms with Crippen molar-refractivity contribution in [2.75, 3.05) is 6.54 Å². The third-order valence-corrected chi connectivity index (χ3v) is 4.17. The fraction of sp³-hybridized carbons (Fsp3) is 0.400. The molecule has 4 nitrogen and oxygen atoms in total. The fourth-order valence-electron chi connectivity index (χ4n) is 2.86. The minimum atomic E-state index is -0.718. The van der Waals surface area contributed by atoms with E-state index >= 15 is 0 Å². The third-order valence-electron chi connectivity index (χ3n) is 4.17. The quantitative estimate of drug-likeness (QED) is 0.656. The molecule has 130 valence electrons. The molecule has 0 bridgehead atoms. The zero-order chi connectivity index (χ0) is 17.7. The van der Waals surface area contributed by atoms with Gasteiger partial charge in [-0.3, -0.25) is 0 Å². The van der Waals surface area contributed by atoms with Crippen LogP contribution in [-0.4, -0.2) is 21.9 Å². The van der Waals surface area contributed by atoms with Crippen LogP contribution in [0.2, 0.25) is 0 Å². The van der Waals surface area contributed by atoms with E-state index < -0.39 is 6.10 Å². The number of benzene rings is 2. The van der Waals surface area contributed by atoms with Gasteiger partial charge in [0.2, 0.25) is 0 Å². The van der Waals surface area contributed by atoms with Crippen LogP contribution >= 0.6 is 0 Å². The lowest BCUT2D eigenvalue weighted by molar-refractivity contribution is 0.154. The summed E-state index contributed by atoms with van der Waals surface area (Å²) in [7, 11) is 0. The Hall–Kier alpha value is -1.88. The lowest BCUT2D eigenvalue weighted by atomic mass is 9.82. The third kappa shape index (κ3) is 4.57. The van der Waals surface area contributed by atoms with Crippen LogP contribution < -0.4 is 5.32 Å². The first kappa shape index (κ1) is 18.5. The van der Waals surface area contributed by atoms with Crippen LogP contribution in [0.1, 0.15) is 49.6 Å². The van der Waals surface area contributed by atoms with Gasteiger partial charge in [-0.25, -0.2) is 0 Å². The van der Waals surface area contributed by atoms with Crippen molar-refractivity contribution in [2.45, 2.75) is 39.5 Å². The molecule has 0 amide bonds. The van der Waals surface area contributed by atoms with E-state index in [1.54, 1.807) is 12.1 Å². The van der Waals surface area contributed by atoms with E-state index in [0.717, 1.165) is 0 Å². The Morgan fingerprint density at radius 1 is 1.00 bits per heavy atom. The fourth-order valence-corrected chi connectivity index (χ4v) is 2.86. The highest BCUT2D eigenvalue weighted by Crippen LogP contribution is 2.33. The van der Waals surface area contributed by atoms with Gasteiger partial charge in [0.1, 0.15) is 5.75 Å². The Bertz CT molecular complexity index is 650. The Labute approximate surface area is 143 Å². The minimum Gasteiger partial charge on any atom is -0.508 e. The molecule has 2 atom stereocenters. The molecular formula is C20H27NO3. The monoisotopic (exact) mass is 329 g/mol. The van der Waals surface area contributed by atoms with E-state index in [9.17, 15) is 15.3 Å². The number of nitrogens with one attached hydrogen (secondary N) is 1. The highest BCUT2D eigenvalue weighted by molar-refractivity contribution is 5.36. The van der Waals surface area contributed by atoms with Crippen LogP contribution in [0.15, 0.2) is 48.5 Å². The maximum atomic E-state index is 10.5. The number of rotatable bonds is 6. The molecule has 0 saturated carbocycles. The molecule has 0 radical (unpaired) electrons. The van der Waals surface area contributed by atoms with E-state index in [-0.39, 0.29) is 23.8 Å². The summed E-state index contributed by atoms with van der Waals surface area (Å²) in [6.45, 7) is 6.61. The predicted molar refractivity (Wildman–Crippen MR) is 95.6 cm³/mol. The number of aliphatic hydroxyl groups excluding tert-OH is 2. The van der Waals surface area contributed by atoms with Crippen molar-refractivity contribution < 1.29 is 15.3 Å². The largest absolute Gasteiger partial charge is 0.508 e. The van der Waals surface area contributed by atoms with Gasteiger partial charge < -0.3 is 20.6 Å². The average molecular weight is 329 g/mol. The summed E-state index contributed by atoms with van der Waals surface area (Å²) < 4.78 is 0. The van der Waals surface area contributed by atoms with Crippen LogP contribution in [0.4, 0.5) is 0 Å². The molecule has 0 aliphatic carbocycles. The summed E-state index contributed by atoms with van der Waals surface area (Å²) >= 11 is 0. The molecule has 0 spiro atoms. The molecule has 2 unspecified atom stereocenters. The first-order valence-corrected chi connectivity index (χ1v) is 8.22. The SMILES string of the molecule is CC(C)(C)C(NCC(O)c1ccc(O)c(CO)c1)c1ccccc1. The van der Waals surface area contributed by atoms with E-state index in [4.69, 9.17) is 0 Å². The summed E-state index contributed by atoms with van der Waals surface area (Å²) in [5, 5.41) is 32.8. The van der Waals surface area contributed by atoms with Gasteiger partial charge in [-0.2, -0.15) is 0 Å². The van der Waals surface area contributed by atoms with Gasteiger partial charge in [-0.15, -0.1) is 0 Å². The summed E-state index contributed by atoms with van der Waals surface area (Å²) in [4.78, 5) is 0. The molecule has 4 N–H and O–H groups in total. The lowest BCUT2D eigenvalue weighted by Gasteiger charge is -2.33. The second-order valence-electron chi connectivity index (χ2n) is 7.18. The molecule has 24 heavy (non-hydrogen) atoms. The molecule has 2 aromatic carbocycles. The molecule has 0 heterocycles. The zero-order valence-electron chi connectivity index (χ0n) is 14.5. The molecule has 0 aliphatic heterocycles. The van der Waals surface area contributed by atoms with Gasteiger partial charge in [0, 0.05) is 18.2 Å². The first-order chi connectivity index (χ1) is 11.3. The molecule has 0 saturated heterocycles. The van der Waals surface area contributed by atoms with E-state index in [0.29, 0.717) is 17.7 Å². The van der Waals surface area contributed by atoms with Gasteiger partial charge in [0.15, 0.2) is 0 Å². The second-order valence-corrected chi connectivity index (χ2v) is 7.18. The Kier molecular flexibility index (Phi) is 5.99. The highest BCUT2D eigenvalue weighted by atomic mass is 16.3. The van der Waals surface area contributed by atoms with Gasteiger partial charge in [-0.05, 0) is 28.7 Å². The summed E-state index contributed by atoms with van der Waals surface area (Å²) in [5.41, 5.74) is 2.26. The van der Waals surface area contributed by atoms with Gasteiger partial charge >= 0.3 is 0 Å². The molecule has 4 heteroatoms. The average Bonchev–Trinajstić information content (AvgIpc) is 2.55. The Morgan fingerprint density at radius 3 is 2.25 bits per heavy atom. The van der Waals surface area contributed by atoms with Crippen LogP contribution in [0.3, 0.4) is 0 Å². The summed E-state index contributed by atoms with van der Waals surface area (Å²) in [5.74, 6) is 0.0401. The zero-order valence-corrected chi connectivity index (χ0v) is 14.5. The molecule has 2 aromatic rings. The van der Waals surface area contributed by atoms with E-state index in [1.165, 1.54) is 11.6 Å². The number of phenols is 1. The van der Waals surface area contributed by atoms with Crippen molar-refractivity contribution in [1.29, 1.82) is 0 Å². The van der Waals surface area contributed by atoms with Crippen molar-refractivity contribution >= 4 is 0 Å². The van der Waals surface area contributed by atoms with E-state index in [2.05, 4.69) is 38.2 Å². The van der Waals surface area contributed by atoms with Crippen molar-refractivity contribution in [3.05, 3.63) is 65.2 Å². The molecule has 0 fully saturated rings. The molecule has 0 aliphatic rings. The minimum absolute atomic E-state index is 0.00765. The van der Waals surface area contributed by atoms with Crippen molar-refractivity contribution in [1.82, 2.24) is 5.32 Å². The normalized spacial score (nSPS) is 14.4. The van der Waals surface area contributed by atoms with Crippen molar-refractivity contribution in [2.24, 2.45) is 5.41 Å². The number of hydrogen-bond acceptors (Lipinski definition) is 4. The molecule has 2 rings (SSSR count). The van der Waals surface area contributed by atoms with Gasteiger partial charge in [-0.1, -0.05) is 57.2 Å². The second kappa shape index (κ2) is 7.79. The number of aromatic hydroxyl groups is 1. The topological polar surface area (TPSA) is 72.7 Å². The van der Waals surface area contributed by atoms with Crippen LogP contribution in [0.5, 0.6) is 5.75 Å². The Morgan fingerprint density at radius 2 is 1.67 bits per heavy atom. The van der Waals surface area contributed by atoms with E-state index in [1.807, 2.05) is 18.2 Å². The van der Waals surface area contributed by atoms with Crippen LogP contribution in [-0.2, 0) is 6.61 Å². The lowest BCUT2D eigenvalue weighted by Crippen LogP contribution is -2.35. The maximum absolute atomic E-state index is 10.5. The van der Waals surface area contributed by atoms with Crippen LogP contribution in [0, 0.1) is 5.41 Å². The molecular weight excluding hydrogens is 302 g/mol. The summed E-state index contributed by atoms with van der Waals surface area (Å²) in [6.07, 6.45) is -0.718. The number of aliphatic hydroxyl groups is 2. The van der Waals surface area contributed by atoms with Crippen molar-refractivity contribution in [3.63, 3.8) is 0 Å². The van der Waals surface area contributed by atoms with Gasteiger partial charge in [0.25, 0.3) is 0 Å². The smallest absolute Gasteiger partial charge is 0.121 e. The first-order valence-electron chi connectivity index (χ1n) is 8.22. The number of hydrogen-bond donors (Lipinski definition) is 4. The Balaban J connectivity index is 2.12. The highest BCUT2D eigenvalue weighted by Gasteiger charge is 2.26. The predicted octanol–water partition coefficient (Wildman–Crippen LogP) is 3.29. The standard InChI is InChI=1S/C20H27NO3/c1-20(2,3)19(14-7-5-4-6-8-14)21-12-18(24)15-9-10-17(23)16(11-15)13-22/h4-11,18-19,21-24H,12-13H2,1-3H3. The summed E-state index contributed by atoms with van der Waals surface area (Å²) in [6, 6.07) is 15.1. The van der Waals surface area contributed by atoms with Crippen LogP contribution in [0.25, 0.3) is 0 Å². The maximum Gasteiger partial charge on any atom is 0.121 e. The molecule has 0 aromatic heterocycles. The van der Waals surface area contributed by atoms with Gasteiger partial charge in [0.05, 0.1) is 12.7 Å².